The van der Waals surface area contributed by atoms with Crippen LogP contribution < -0.4 is 4.74 Å². The molecule has 0 radical (unpaired) electrons. The zero-order chi connectivity index (χ0) is 12.8. The molecule has 5 heteroatoms. The van der Waals surface area contributed by atoms with Gasteiger partial charge in [-0.1, -0.05) is 18.2 Å². The minimum absolute atomic E-state index is 0.433. The van der Waals surface area contributed by atoms with E-state index in [4.69, 9.17) is 9.84 Å². The molecule has 0 amide bonds. The number of aliphatic carboxylic acids is 1. The third kappa shape index (κ3) is 3.43. The summed E-state index contributed by atoms with van der Waals surface area (Å²) in [6.07, 6.45) is 4.36. The Hall–Kier alpha value is -2.14. The third-order valence-electron chi connectivity index (χ3n) is 2.18. The predicted octanol–water partition coefficient (Wildman–Crippen LogP) is 2.82. The van der Waals surface area contributed by atoms with Gasteiger partial charge in [-0.3, -0.25) is 4.98 Å². The van der Waals surface area contributed by atoms with E-state index in [-0.39, 0.29) is 0 Å². The molecule has 1 aromatic heterocycles. The van der Waals surface area contributed by atoms with Crippen molar-refractivity contribution in [2.75, 3.05) is 0 Å². The first-order valence-electron chi connectivity index (χ1n) is 5.26. The van der Waals surface area contributed by atoms with Gasteiger partial charge >= 0.3 is 5.97 Å². The number of rotatable bonds is 5. The van der Waals surface area contributed by atoms with Crippen LogP contribution in [0.15, 0.2) is 42.0 Å². The molecule has 4 nitrogen and oxygen atoms in total. The minimum atomic E-state index is -0.979. The Morgan fingerprint density at radius 1 is 1.44 bits per heavy atom. The van der Waals surface area contributed by atoms with Crippen molar-refractivity contribution in [3.05, 3.63) is 52.5 Å². The molecule has 18 heavy (non-hydrogen) atoms. The summed E-state index contributed by atoms with van der Waals surface area (Å²) in [4.78, 5) is 15.5. The molecule has 0 bridgehead atoms. The van der Waals surface area contributed by atoms with Crippen molar-refractivity contribution in [2.24, 2.45) is 0 Å². The smallest absolute Gasteiger partial charge is 0.328 e. The number of para-hydroxylation sites is 1. The molecule has 1 aromatic carbocycles. The van der Waals surface area contributed by atoms with Gasteiger partial charge in [0.25, 0.3) is 0 Å². The lowest BCUT2D eigenvalue weighted by Gasteiger charge is -2.07. The zero-order valence-electron chi connectivity index (χ0n) is 9.45. The molecular formula is C13H11NO3S. The fraction of sp³-hybridized carbons (Fsp3) is 0.0769. The van der Waals surface area contributed by atoms with Gasteiger partial charge in [0.05, 0.1) is 10.4 Å². The maximum Gasteiger partial charge on any atom is 0.328 e. The highest BCUT2D eigenvalue weighted by Crippen LogP contribution is 2.21. The van der Waals surface area contributed by atoms with Gasteiger partial charge in [-0.05, 0) is 12.1 Å². The standard InChI is InChI=1S/C13H11NO3S/c15-13(16)6-5-10-3-1-2-4-12(10)17-8-11-7-14-9-18-11/h1-7,9H,8H2,(H,15,16)/b6-5+. The third-order valence-corrected chi connectivity index (χ3v) is 2.93. The summed E-state index contributed by atoms with van der Waals surface area (Å²) >= 11 is 1.52. The number of benzene rings is 1. The SMILES string of the molecule is O=C(O)/C=C/c1ccccc1OCc1cncs1. The maximum atomic E-state index is 10.5. The Bertz CT molecular complexity index is 549. The van der Waals surface area contributed by atoms with Crippen molar-refractivity contribution >= 4 is 23.4 Å². The van der Waals surface area contributed by atoms with E-state index in [9.17, 15) is 4.79 Å². The second kappa shape index (κ2) is 5.97. The molecule has 0 aliphatic carbocycles. The van der Waals surface area contributed by atoms with Gasteiger partial charge in [0.2, 0.25) is 0 Å². The number of carboxylic acid groups (broad SMARTS) is 1. The van der Waals surface area contributed by atoms with Gasteiger partial charge in [0.15, 0.2) is 0 Å². The molecule has 0 fully saturated rings. The molecular weight excluding hydrogens is 250 g/mol. The number of ether oxygens (including phenoxy) is 1. The fourth-order valence-electron chi connectivity index (χ4n) is 1.37. The second-order valence-electron chi connectivity index (χ2n) is 3.47. The number of aromatic nitrogens is 1. The summed E-state index contributed by atoms with van der Waals surface area (Å²) in [5.41, 5.74) is 2.49. The lowest BCUT2D eigenvalue weighted by molar-refractivity contribution is -0.131. The van der Waals surface area contributed by atoms with E-state index in [1.165, 1.54) is 17.4 Å². The summed E-state index contributed by atoms with van der Waals surface area (Å²) in [7, 11) is 0. The van der Waals surface area contributed by atoms with E-state index in [1.807, 2.05) is 18.2 Å². The van der Waals surface area contributed by atoms with Crippen LogP contribution in [0.2, 0.25) is 0 Å². The number of carboxylic acids is 1. The van der Waals surface area contributed by atoms with Crippen LogP contribution in [0.4, 0.5) is 0 Å². The molecule has 0 saturated carbocycles. The maximum absolute atomic E-state index is 10.5. The summed E-state index contributed by atoms with van der Waals surface area (Å²) < 4.78 is 5.64. The quantitative estimate of drug-likeness (QED) is 0.841. The summed E-state index contributed by atoms with van der Waals surface area (Å²) in [5, 5.41) is 8.61. The van der Waals surface area contributed by atoms with Gasteiger partial charge in [0, 0.05) is 17.8 Å². The average molecular weight is 261 g/mol. The molecule has 2 rings (SSSR count). The summed E-state index contributed by atoms with van der Waals surface area (Å²) in [6, 6.07) is 7.30. The van der Waals surface area contributed by atoms with E-state index in [1.54, 1.807) is 17.8 Å². The molecule has 2 aromatic rings. The van der Waals surface area contributed by atoms with Crippen LogP contribution in [-0.4, -0.2) is 16.1 Å². The highest BCUT2D eigenvalue weighted by Gasteiger charge is 2.02. The predicted molar refractivity (Wildman–Crippen MR) is 69.6 cm³/mol. The van der Waals surface area contributed by atoms with Crippen LogP contribution in [0, 0.1) is 0 Å². The second-order valence-corrected chi connectivity index (χ2v) is 4.44. The van der Waals surface area contributed by atoms with Crippen LogP contribution in [0.1, 0.15) is 10.4 Å². The van der Waals surface area contributed by atoms with Gasteiger partial charge in [-0.2, -0.15) is 0 Å². The van der Waals surface area contributed by atoms with Crippen molar-refractivity contribution < 1.29 is 14.6 Å². The van der Waals surface area contributed by atoms with Crippen LogP contribution in [-0.2, 0) is 11.4 Å². The van der Waals surface area contributed by atoms with Gasteiger partial charge in [-0.25, -0.2) is 4.79 Å². The first-order valence-corrected chi connectivity index (χ1v) is 6.14. The van der Waals surface area contributed by atoms with Crippen LogP contribution in [0.3, 0.4) is 0 Å². The number of carbonyl (C=O) groups is 1. The van der Waals surface area contributed by atoms with E-state index in [0.717, 1.165) is 16.5 Å². The molecule has 1 heterocycles. The first kappa shape index (κ1) is 12.3. The highest BCUT2D eigenvalue weighted by molar-refractivity contribution is 7.09. The number of thiazole rings is 1. The topological polar surface area (TPSA) is 59.4 Å². The number of hydrogen-bond acceptors (Lipinski definition) is 4. The van der Waals surface area contributed by atoms with E-state index in [2.05, 4.69) is 4.98 Å². The monoisotopic (exact) mass is 261 g/mol. The van der Waals surface area contributed by atoms with Crippen molar-refractivity contribution in [1.82, 2.24) is 4.98 Å². The van der Waals surface area contributed by atoms with Crippen molar-refractivity contribution in [3.8, 4) is 5.75 Å². The van der Waals surface area contributed by atoms with Crippen LogP contribution in [0.25, 0.3) is 6.08 Å². The Morgan fingerprint density at radius 2 is 2.28 bits per heavy atom. The fourth-order valence-corrected chi connectivity index (χ4v) is 1.88. The Morgan fingerprint density at radius 3 is 3.00 bits per heavy atom. The molecule has 92 valence electrons. The van der Waals surface area contributed by atoms with Crippen molar-refractivity contribution in [3.63, 3.8) is 0 Å². The summed E-state index contributed by atoms with van der Waals surface area (Å²) in [5.74, 6) is -0.323. The van der Waals surface area contributed by atoms with Crippen molar-refractivity contribution in [2.45, 2.75) is 6.61 Å². The molecule has 0 unspecified atom stereocenters. The minimum Gasteiger partial charge on any atom is -0.487 e. The largest absolute Gasteiger partial charge is 0.487 e. The Kier molecular flexibility index (Phi) is 4.09. The van der Waals surface area contributed by atoms with Crippen LogP contribution >= 0.6 is 11.3 Å². The normalized spacial score (nSPS) is 10.7. The van der Waals surface area contributed by atoms with Gasteiger partial charge in [-0.15, -0.1) is 11.3 Å². The molecule has 0 spiro atoms. The van der Waals surface area contributed by atoms with Gasteiger partial charge < -0.3 is 9.84 Å². The van der Waals surface area contributed by atoms with Crippen molar-refractivity contribution in [1.29, 1.82) is 0 Å². The molecule has 1 N–H and O–H groups in total. The number of hydrogen-bond donors (Lipinski definition) is 1. The van der Waals surface area contributed by atoms with E-state index in [0.29, 0.717) is 12.4 Å². The lowest BCUT2D eigenvalue weighted by atomic mass is 10.2. The highest BCUT2D eigenvalue weighted by atomic mass is 32.1. The van der Waals surface area contributed by atoms with E-state index < -0.39 is 5.97 Å². The van der Waals surface area contributed by atoms with E-state index >= 15 is 0 Å². The first-order chi connectivity index (χ1) is 8.75. The summed E-state index contributed by atoms with van der Waals surface area (Å²) in [6.45, 7) is 0.433. The van der Waals surface area contributed by atoms with Crippen LogP contribution in [0.5, 0.6) is 5.75 Å². The Labute approximate surface area is 108 Å². The Balaban J connectivity index is 2.09. The molecule has 0 aliphatic heterocycles. The molecule has 0 aliphatic rings. The number of nitrogens with zero attached hydrogens (tertiary/aromatic N) is 1. The average Bonchev–Trinajstić information content (AvgIpc) is 2.88. The van der Waals surface area contributed by atoms with Gasteiger partial charge in [0.1, 0.15) is 12.4 Å². The zero-order valence-corrected chi connectivity index (χ0v) is 10.3. The molecule has 0 saturated heterocycles. The lowest BCUT2D eigenvalue weighted by Crippen LogP contribution is -1.95. The molecule has 0 atom stereocenters.